The monoisotopic (exact) mass is 335 g/mol. The second kappa shape index (κ2) is 7.23. The van der Waals surface area contributed by atoms with Crippen molar-refractivity contribution in [2.75, 3.05) is 0 Å². The van der Waals surface area contributed by atoms with Crippen LogP contribution in [0.4, 0.5) is 0 Å². The number of thiophene rings is 1. The number of hydrogen-bond donors (Lipinski definition) is 1. The highest BCUT2D eigenvalue weighted by Crippen LogP contribution is 2.16. The fraction of sp³-hybridized carbons (Fsp3) is 0.100. The lowest BCUT2D eigenvalue weighted by molar-refractivity contribution is 0.0940. The van der Waals surface area contributed by atoms with Gasteiger partial charge in [0, 0.05) is 16.0 Å². The van der Waals surface area contributed by atoms with Crippen molar-refractivity contribution in [2.45, 2.75) is 13.5 Å². The predicted molar refractivity (Wildman–Crippen MR) is 96.5 cm³/mol. The summed E-state index contributed by atoms with van der Waals surface area (Å²) in [6.07, 6.45) is 0. The summed E-state index contributed by atoms with van der Waals surface area (Å²) in [5.74, 6) is -0.378. The topological polar surface area (TPSA) is 46.2 Å². The van der Waals surface area contributed by atoms with Crippen LogP contribution in [0.2, 0.25) is 0 Å². The Hall–Kier alpha value is -2.72. The number of benzene rings is 2. The first-order valence-corrected chi connectivity index (χ1v) is 8.54. The normalized spacial score (nSPS) is 10.4. The van der Waals surface area contributed by atoms with Gasteiger partial charge in [-0.25, -0.2) is 0 Å². The van der Waals surface area contributed by atoms with Gasteiger partial charge in [-0.1, -0.05) is 54.1 Å². The summed E-state index contributed by atoms with van der Waals surface area (Å²) >= 11 is 1.59. The molecular formula is C20H17NO2S. The number of carbonyl (C=O) groups excluding carboxylic acids is 2. The number of rotatable bonds is 5. The van der Waals surface area contributed by atoms with Crippen LogP contribution in [0.5, 0.6) is 0 Å². The van der Waals surface area contributed by atoms with Crippen LogP contribution in [0.25, 0.3) is 0 Å². The lowest BCUT2D eigenvalue weighted by Crippen LogP contribution is -2.24. The molecule has 0 radical (unpaired) electrons. The molecule has 24 heavy (non-hydrogen) atoms. The molecule has 0 atom stereocenters. The molecule has 0 aliphatic heterocycles. The molecule has 3 rings (SSSR count). The molecule has 4 heteroatoms. The largest absolute Gasteiger partial charge is 0.347 e. The smallest absolute Gasteiger partial charge is 0.252 e. The van der Waals surface area contributed by atoms with Gasteiger partial charge in [-0.3, -0.25) is 9.59 Å². The Morgan fingerprint density at radius 3 is 2.29 bits per heavy atom. The Kier molecular flexibility index (Phi) is 4.87. The molecule has 1 aromatic heterocycles. The van der Waals surface area contributed by atoms with Crippen molar-refractivity contribution in [2.24, 2.45) is 0 Å². The van der Waals surface area contributed by atoms with Crippen molar-refractivity contribution < 1.29 is 9.59 Å². The van der Waals surface area contributed by atoms with Crippen molar-refractivity contribution in [3.05, 3.63) is 93.2 Å². The molecule has 1 amide bonds. The van der Waals surface area contributed by atoms with E-state index in [1.807, 2.05) is 36.6 Å². The SMILES string of the molecule is Cc1ccc(C(=O)c2ccccc2C(=O)NCc2cccs2)cc1. The number of ketones is 1. The van der Waals surface area contributed by atoms with Crippen LogP contribution in [0.3, 0.4) is 0 Å². The van der Waals surface area contributed by atoms with E-state index in [4.69, 9.17) is 0 Å². The zero-order valence-corrected chi connectivity index (χ0v) is 14.1. The van der Waals surface area contributed by atoms with Gasteiger partial charge in [0.15, 0.2) is 5.78 Å². The highest BCUT2D eigenvalue weighted by Gasteiger charge is 2.17. The van der Waals surface area contributed by atoms with Crippen molar-refractivity contribution in [1.29, 1.82) is 0 Å². The van der Waals surface area contributed by atoms with Crippen LogP contribution in [-0.4, -0.2) is 11.7 Å². The van der Waals surface area contributed by atoms with Crippen molar-refractivity contribution in [3.63, 3.8) is 0 Å². The van der Waals surface area contributed by atoms with E-state index in [1.54, 1.807) is 47.7 Å². The van der Waals surface area contributed by atoms with Gasteiger partial charge in [0.1, 0.15) is 0 Å². The van der Waals surface area contributed by atoms with Gasteiger partial charge in [-0.05, 0) is 24.4 Å². The van der Waals surface area contributed by atoms with E-state index in [2.05, 4.69) is 5.32 Å². The van der Waals surface area contributed by atoms with Crippen LogP contribution in [0.15, 0.2) is 66.0 Å². The van der Waals surface area contributed by atoms with Gasteiger partial charge in [-0.2, -0.15) is 0 Å². The molecular weight excluding hydrogens is 318 g/mol. The fourth-order valence-electron chi connectivity index (χ4n) is 2.42. The summed E-state index contributed by atoms with van der Waals surface area (Å²) in [6, 6.07) is 18.2. The lowest BCUT2D eigenvalue weighted by Gasteiger charge is -2.09. The van der Waals surface area contributed by atoms with E-state index in [-0.39, 0.29) is 11.7 Å². The summed E-state index contributed by atoms with van der Waals surface area (Å²) in [7, 11) is 0. The van der Waals surface area contributed by atoms with Crippen molar-refractivity contribution in [3.8, 4) is 0 Å². The van der Waals surface area contributed by atoms with Gasteiger partial charge >= 0.3 is 0 Å². The Morgan fingerprint density at radius 2 is 1.62 bits per heavy atom. The minimum Gasteiger partial charge on any atom is -0.347 e. The Bertz CT molecular complexity index is 852. The number of nitrogens with one attached hydrogen (secondary N) is 1. The van der Waals surface area contributed by atoms with Crippen LogP contribution in [0, 0.1) is 6.92 Å². The molecule has 3 nitrogen and oxygen atoms in total. The summed E-state index contributed by atoms with van der Waals surface area (Å²) in [5, 5.41) is 4.85. The fourth-order valence-corrected chi connectivity index (χ4v) is 3.06. The van der Waals surface area contributed by atoms with Gasteiger partial charge in [0.2, 0.25) is 0 Å². The first-order valence-electron chi connectivity index (χ1n) is 7.66. The molecule has 0 saturated heterocycles. The van der Waals surface area contributed by atoms with Crippen molar-refractivity contribution in [1.82, 2.24) is 5.32 Å². The molecule has 0 aliphatic rings. The molecule has 120 valence electrons. The molecule has 0 bridgehead atoms. The summed E-state index contributed by atoms with van der Waals surface area (Å²) in [5.41, 5.74) is 2.50. The zero-order valence-electron chi connectivity index (χ0n) is 13.3. The van der Waals surface area contributed by atoms with E-state index in [0.717, 1.165) is 10.4 Å². The maximum absolute atomic E-state index is 12.7. The van der Waals surface area contributed by atoms with Gasteiger partial charge in [0.05, 0.1) is 12.1 Å². The Morgan fingerprint density at radius 1 is 0.917 bits per heavy atom. The molecule has 0 aliphatic carbocycles. The standard InChI is InChI=1S/C20H17NO2S/c1-14-8-10-15(11-9-14)19(22)17-6-2-3-7-18(17)20(23)21-13-16-5-4-12-24-16/h2-12H,13H2,1H3,(H,21,23). The maximum Gasteiger partial charge on any atom is 0.252 e. The highest BCUT2D eigenvalue weighted by molar-refractivity contribution is 7.09. The summed E-state index contributed by atoms with van der Waals surface area (Å²) in [4.78, 5) is 26.3. The van der Waals surface area contributed by atoms with E-state index >= 15 is 0 Å². The number of aryl methyl sites for hydroxylation is 1. The van der Waals surface area contributed by atoms with Crippen LogP contribution < -0.4 is 5.32 Å². The zero-order chi connectivity index (χ0) is 16.9. The molecule has 1 N–H and O–H groups in total. The predicted octanol–water partition coefficient (Wildman–Crippen LogP) is 4.22. The second-order valence-electron chi connectivity index (χ2n) is 5.50. The molecule has 0 saturated carbocycles. The third-order valence-corrected chi connectivity index (χ3v) is 4.61. The Labute approximate surface area is 145 Å². The molecule has 1 heterocycles. The third kappa shape index (κ3) is 3.60. The average molecular weight is 335 g/mol. The molecule has 0 spiro atoms. The lowest BCUT2D eigenvalue weighted by atomic mass is 9.97. The van der Waals surface area contributed by atoms with Crippen molar-refractivity contribution >= 4 is 23.0 Å². The third-order valence-electron chi connectivity index (χ3n) is 3.73. The minimum absolute atomic E-state index is 0.142. The van der Waals surface area contributed by atoms with Gasteiger partial charge < -0.3 is 5.32 Å². The minimum atomic E-state index is -0.237. The summed E-state index contributed by atoms with van der Waals surface area (Å²) < 4.78 is 0. The maximum atomic E-state index is 12.7. The van der Waals surface area contributed by atoms with E-state index in [9.17, 15) is 9.59 Å². The first-order chi connectivity index (χ1) is 11.6. The molecule has 2 aromatic carbocycles. The van der Waals surface area contributed by atoms with Gasteiger partial charge in [0.25, 0.3) is 5.91 Å². The number of carbonyl (C=O) groups is 2. The number of amides is 1. The van der Waals surface area contributed by atoms with E-state index in [0.29, 0.717) is 23.2 Å². The Balaban J connectivity index is 1.83. The van der Waals surface area contributed by atoms with Crippen LogP contribution in [-0.2, 0) is 6.54 Å². The molecule has 3 aromatic rings. The number of hydrogen-bond acceptors (Lipinski definition) is 3. The van der Waals surface area contributed by atoms with Gasteiger partial charge in [-0.15, -0.1) is 11.3 Å². The van der Waals surface area contributed by atoms with Crippen LogP contribution in [0.1, 0.15) is 36.7 Å². The quantitative estimate of drug-likeness (QED) is 0.710. The second-order valence-corrected chi connectivity index (χ2v) is 6.54. The molecule has 0 unspecified atom stereocenters. The van der Waals surface area contributed by atoms with Crippen LogP contribution >= 0.6 is 11.3 Å². The average Bonchev–Trinajstić information content (AvgIpc) is 3.13. The summed E-state index contributed by atoms with van der Waals surface area (Å²) in [6.45, 7) is 2.43. The molecule has 0 fully saturated rings. The highest BCUT2D eigenvalue weighted by atomic mass is 32.1. The van der Waals surface area contributed by atoms with E-state index < -0.39 is 0 Å². The van der Waals surface area contributed by atoms with E-state index in [1.165, 1.54) is 0 Å². The first kappa shape index (κ1) is 16.1.